The maximum absolute atomic E-state index is 11.6. The van der Waals surface area contributed by atoms with Gasteiger partial charge in [-0.3, -0.25) is 4.31 Å². The fourth-order valence-electron chi connectivity index (χ4n) is 3.48. The molecule has 1 N–H and O–H groups in total. The van der Waals surface area contributed by atoms with Gasteiger partial charge in [0.1, 0.15) is 6.17 Å². The van der Waals surface area contributed by atoms with Crippen molar-refractivity contribution in [2.45, 2.75) is 83.7 Å². The van der Waals surface area contributed by atoms with Crippen LogP contribution in [0.2, 0.25) is 0 Å². The summed E-state index contributed by atoms with van der Waals surface area (Å²) in [5.41, 5.74) is 1.19. The van der Waals surface area contributed by atoms with Crippen LogP contribution in [0.25, 0.3) is 0 Å². The van der Waals surface area contributed by atoms with Crippen molar-refractivity contribution in [1.82, 2.24) is 0 Å². The van der Waals surface area contributed by atoms with Crippen molar-refractivity contribution < 1.29 is 64.4 Å². The van der Waals surface area contributed by atoms with Gasteiger partial charge in [0.05, 0.1) is 11.4 Å². The largest absolute Gasteiger partial charge is 1.00 e. The van der Waals surface area contributed by atoms with E-state index in [9.17, 15) is 13.0 Å². The van der Waals surface area contributed by atoms with E-state index in [2.05, 4.69) is 12.2 Å². The Morgan fingerprint density at radius 3 is 2.08 bits per heavy atom. The number of para-hydroxylation sites is 2. The molecule has 0 aromatic heterocycles. The SMILES string of the molecule is CCCCCCCCCCCCC1Nc2ccccc2N1S(=O)(=O)[O-].[K+]. The van der Waals surface area contributed by atoms with Crippen molar-refractivity contribution in [3.05, 3.63) is 24.3 Å². The molecule has 1 aliphatic heterocycles. The molecular weight excluding hydrogens is 375 g/mol. The van der Waals surface area contributed by atoms with Gasteiger partial charge in [-0.2, -0.15) is 0 Å². The van der Waals surface area contributed by atoms with Crippen LogP contribution < -0.4 is 61.0 Å². The van der Waals surface area contributed by atoms with Crippen LogP contribution in [0.15, 0.2) is 24.3 Å². The van der Waals surface area contributed by atoms with Crippen LogP contribution >= 0.6 is 0 Å². The Morgan fingerprint density at radius 1 is 0.962 bits per heavy atom. The molecule has 1 atom stereocenters. The van der Waals surface area contributed by atoms with E-state index in [1.165, 1.54) is 51.4 Å². The summed E-state index contributed by atoms with van der Waals surface area (Å²) < 4.78 is 35.9. The van der Waals surface area contributed by atoms with E-state index in [-0.39, 0.29) is 51.4 Å². The molecule has 0 spiro atoms. The third-order valence-corrected chi connectivity index (χ3v) is 5.75. The van der Waals surface area contributed by atoms with E-state index in [1.807, 2.05) is 12.1 Å². The summed E-state index contributed by atoms with van der Waals surface area (Å²) in [6, 6.07) is 7.08. The van der Waals surface area contributed by atoms with Gasteiger partial charge >= 0.3 is 51.4 Å². The standard InChI is InChI=1S/C19H32N2O3S.K/c1-2-3-4-5-6-7-8-9-10-11-16-19-20-17-14-12-13-15-18(17)21(19)25(22,23)24;/h12-15,19-20H,2-11,16H2,1H3,(H,22,23,24);/q;+1/p-1. The number of fused-ring (bicyclic) bond motifs is 1. The predicted octanol–water partition coefficient (Wildman–Crippen LogP) is 2.02. The zero-order valence-electron chi connectivity index (χ0n) is 16.2. The summed E-state index contributed by atoms with van der Waals surface area (Å²) in [5.74, 6) is 0. The second-order valence-corrected chi connectivity index (χ2v) is 8.15. The summed E-state index contributed by atoms with van der Waals surface area (Å²) in [5, 5.41) is 3.17. The van der Waals surface area contributed by atoms with Crippen LogP contribution in [0.1, 0.15) is 77.6 Å². The normalized spacial score (nSPS) is 16.1. The molecule has 0 saturated carbocycles. The van der Waals surface area contributed by atoms with E-state index in [1.54, 1.807) is 12.1 Å². The molecular formula is C19H31KN2O3S. The third-order valence-electron chi connectivity index (χ3n) is 4.82. The monoisotopic (exact) mass is 406 g/mol. The minimum absolute atomic E-state index is 0. The van der Waals surface area contributed by atoms with E-state index >= 15 is 0 Å². The molecule has 142 valence electrons. The van der Waals surface area contributed by atoms with E-state index in [4.69, 9.17) is 0 Å². The molecule has 1 aromatic carbocycles. The number of benzene rings is 1. The van der Waals surface area contributed by atoms with Crippen LogP contribution in [0, 0.1) is 0 Å². The Labute approximate surface area is 201 Å². The summed E-state index contributed by atoms with van der Waals surface area (Å²) in [6.45, 7) is 2.23. The molecule has 26 heavy (non-hydrogen) atoms. The first kappa shape index (κ1) is 24.4. The first-order valence-electron chi connectivity index (χ1n) is 9.65. The third kappa shape index (κ3) is 7.77. The summed E-state index contributed by atoms with van der Waals surface area (Å²) in [6.07, 6.45) is 12.6. The van der Waals surface area contributed by atoms with Crippen LogP contribution in [-0.4, -0.2) is 19.1 Å². The Kier molecular flexibility index (Phi) is 12.0. The topological polar surface area (TPSA) is 72.5 Å². The Hall–Kier alpha value is 0.366. The number of nitrogens with zero attached hydrogens (tertiary/aromatic N) is 1. The molecule has 2 rings (SSSR count). The molecule has 0 amide bonds. The number of hydrogen-bond donors (Lipinski definition) is 1. The average molecular weight is 407 g/mol. The van der Waals surface area contributed by atoms with Gasteiger partial charge in [-0.25, -0.2) is 8.42 Å². The molecule has 0 fully saturated rings. The molecule has 0 aliphatic carbocycles. The second kappa shape index (κ2) is 12.8. The molecule has 0 radical (unpaired) electrons. The zero-order valence-corrected chi connectivity index (χ0v) is 20.2. The van der Waals surface area contributed by atoms with Crippen LogP contribution in [0.3, 0.4) is 0 Å². The molecule has 0 bridgehead atoms. The van der Waals surface area contributed by atoms with Gasteiger partial charge in [0.25, 0.3) is 0 Å². The van der Waals surface area contributed by atoms with Crippen LogP contribution in [0.4, 0.5) is 11.4 Å². The minimum Gasteiger partial charge on any atom is -0.731 e. The zero-order chi connectivity index (χ0) is 18.1. The summed E-state index contributed by atoms with van der Waals surface area (Å²) in [4.78, 5) is 0. The van der Waals surface area contributed by atoms with Crippen molar-refractivity contribution in [2.75, 3.05) is 9.62 Å². The maximum Gasteiger partial charge on any atom is 1.00 e. The number of unbranched alkanes of at least 4 members (excludes halogenated alkanes) is 9. The predicted molar refractivity (Wildman–Crippen MR) is 102 cm³/mol. The van der Waals surface area contributed by atoms with Gasteiger partial charge < -0.3 is 9.87 Å². The Balaban J connectivity index is 0.00000338. The number of rotatable bonds is 12. The molecule has 1 aliphatic rings. The fourth-order valence-corrected chi connectivity index (χ4v) is 4.35. The molecule has 7 heteroatoms. The maximum atomic E-state index is 11.6. The van der Waals surface area contributed by atoms with E-state index < -0.39 is 16.5 Å². The first-order chi connectivity index (χ1) is 12.0. The number of hydrogen-bond acceptors (Lipinski definition) is 4. The molecule has 5 nitrogen and oxygen atoms in total. The summed E-state index contributed by atoms with van der Waals surface area (Å²) in [7, 11) is -4.51. The van der Waals surface area contributed by atoms with Gasteiger partial charge in [-0.15, -0.1) is 0 Å². The van der Waals surface area contributed by atoms with Crippen molar-refractivity contribution in [2.24, 2.45) is 0 Å². The van der Waals surface area contributed by atoms with Crippen molar-refractivity contribution in [3.63, 3.8) is 0 Å². The van der Waals surface area contributed by atoms with Gasteiger partial charge in [0.2, 0.25) is 0 Å². The van der Waals surface area contributed by atoms with Crippen LogP contribution in [0.5, 0.6) is 0 Å². The number of anilines is 2. The fraction of sp³-hybridized carbons (Fsp3) is 0.684. The molecule has 1 heterocycles. The quantitative estimate of drug-likeness (QED) is 0.327. The molecule has 1 unspecified atom stereocenters. The van der Waals surface area contributed by atoms with E-state index in [0.717, 1.165) is 22.8 Å². The van der Waals surface area contributed by atoms with Gasteiger partial charge in [-0.05, 0) is 25.0 Å². The van der Waals surface area contributed by atoms with Crippen molar-refractivity contribution >= 4 is 21.7 Å². The van der Waals surface area contributed by atoms with Gasteiger partial charge in [0.15, 0.2) is 10.3 Å². The van der Waals surface area contributed by atoms with Gasteiger partial charge in [-0.1, -0.05) is 76.8 Å². The van der Waals surface area contributed by atoms with E-state index in [0.29, 0.717) is 12.1 Å². The van der Waals surface area contributed by atoms with Gasteiger partial charge in [0, 0.05) is 0 Å². The second-order valence-electron chi connectivity index (χ2n) is 6.90. The average Bonchev–Trinajstić information content (AvgIpc) is 2.95. The smallest absolute Gasteiger partial charge is 0.731 e. The summed E-state index contributed by atoms with van der Waals surface area (Å²) >= 11 is 0. The number of nitrogens with one attached hydrogen (secondary N) is 1. The first-order valence-corrected chi connectivity index (χ1v) is 11.0. The minimum atomic E-state index is -4.51. The molecule has 1 aromatic rings. The Bertz CT molecular complexity index is 625. The Morgan fingerprint density at radius 2 is 1.50 bits per heavy atom. The van der Waals surface area contributed by atoms with Crippen molar-refractivity contribution in [1.29, 1.82) is 0 Å². The molecule has 0 saturated heterocycles. The van der Waals surface area contributed by atoms with Crippen molar-refractivity contribution in [3.8, 4) is 0 Å². The van der Waals surface area contributed by atoms with Crippen LogP contribution in [-0.2, 0) is 10.3 Å².